The summed E-state index contributed by atoms with van der Waals surface area (Å²) in [6.07, 6.45) is -0.636. The van der Waals surface area contributed by atoms with Crippen LogP contribution in [-0.2, 0) is 16.0 Å². The Morgan fingerprint density at radius 3 is 2.09 bits per heavy atom. The van der Waals surface area contributed by atoms with Gasteiger partial charge in [-0.1, -0.05) is 60.7 Å². The van der Waals surface area contributed by atoms with Crippen LogP contribution in [0.25, 0.3) is 11.1 Å². The highest BCUT2D eigenvalue weighted by Gasteiger charge is 2.29. The Balaban J connectivity index is 0.00000324. The molecule has 0 heterocycles. The second kappa shape index (κ2) is 11.5. The van der Waals surface area contributed by atoms with E-state index < -0.39 is 18.1 Å². The monoisotopic (exact) mass is 482 g/mol. The molecule has 3 aromatic carbocycles. The van der Waals surface area contributed by atoms with Crippen LogP contribution in [0.2, 0.25) is 0 Å². The molecule has 0 fully saturated rings. The molecule has 1 atom stereocenters. The van der Waals surface area contributed by atoms with E-state index in [1.807, 2.05) is 36.4 Å². The van der Waals surface area contributed by atoms with E-state index in [0.717, 1.165) is 27.8 Å². The first kappa shape index (κ1) is 25.1. The fourth-order valence-electron chi connectivity index (χ4n) is 4.12. The van der Waals surface area contributed by atoms with Crippen LogP contribution in [0.5, 0.6) is 5.75 Å². The number of alkyl carbamates (subject to hydrolysis) is 1. The fourth-order valence-corrected chi connectivity index (χ4v) is 4.12. The molecule has 1 aliphatic rings. The summed E-state index contributed by atoms with van der Waals surface area (Å²) >= 11 is 0. The molecule has 0 aliphatic heterocycles. The van der Waals surface area contributed by atoms with Crippen LogP contribution < -0.4 is 15.8 Å². The number of halogens is 1. The van der Waals surface area contributed by atoms with Crippen LogP contribution >= 0.6 is 12.4 Å². The van der Waals surface area contributed by atoms with E-state index in [0.29, 0.717) is 18.9 Å². The number of nitrogens with two attached hydrogens (primary N) is 1. The molecule has 0 spiro atoms. The van der Waals surface area contributed by atoms with Crippen molar-refractivity contribution in [3.8, 4) is 16.9 Å². The summed E-state index contributed by atoms with van der Waals surface area (Å²) in [5.41, 5.74) is 10.6. The van der Waals surface area contributed by atoms with E-state index in [1.165, 1.54) is 0 Å². The molecule has 0 saturated carbocycles. The van der Waals surface area contributed by atoms with Crippen molar-refractivity contribution in [1.82, 2.24) is 5.32 Å². The number of rotatable bonds is 9. The van der Waals surface area contributed by atoms with E-state index in [9.17, 15) is 14.7 Å². The van der Waals surface area contributed by atoms with Crippen LogP contribution in [0.1, 0.15) is 22.6 Å². The van der Waals surface area contributed by atoms with E-state index >= 15 is 0 Å². The lowest BCUT2D eigenvalue weighted by Gasteiger charge is -2.17. The molecule has 1 aliphatic carbocycles. The van der Waals surface area contributed by atoms with Crippen molar-refractivity contribution in [2.24, 2.45) is 5.73 Å². The molecule has 0 bridgehead atoms. The first-order valence-electron chi connectivity index (χ1n) is 10.8. The Morgan fingerprint density at radius 2 is 1.53 bits per heavy atom. The maximum atomic E-state index is 12.5. The Hall–Kier alpha value is -3.55. The molecule has 34 heavy (non-hydrogen) atoms. The number of hydrogen-bond acceptors (Lipinski definition) is 5. The molecule has 8 heteroatoms. The highest BCUT2D eigenvalue weighted by atomic mass is 35.5. The number of nitrogens with one attached hydrogen (secondary N) is 1. The average molecular weight is 483 g/mol. The molecule has 0 unspecified atom stereocenters. The van der Waals surface area contributed by atoms with Gasteiger partial charge in [0, 0.05) is 18.9 Å². The number of carbonyl (C=O) groups is 2. The van der Waals surface area contributed by atoms with Crippen molar-refractivity contribution in [3.63, 3.8) is 0 Å². The fraction of sp³-hybridized carbons (Fsp3) is 0.231. The van der Waals surface area contributed by atoms with E-state index in [1.54, 1.807) is 24.3 Å². The molecule has 1 amide bonds. The van der Waals surface area contributed by atoms with Gasteiger partial charge in [0.1, 0.15) is 25.0 Å². The zero-order chi connectivity index (χ0) is 23.2. The summed E-state index contributed by atoms with van der Waals surface area (Å²) in [5.74, 6) is -0.569. The number of hydrogen-bond donors (Lipinski definition) is 3. The van der Waals surface area contributed by atoms with Gasteiger partial charge >= 0.3 is 12.1 Å². The highest BCUT2D eigenvalue weighted by Crippen LogP contribution is 2.44. The zero-order valence-electron chi connectivity index (χ0n) is 18.5. The summed E-state index contributed by atoms with van der Waals surface area (Å²) in [6.45, 7) is 0.937. The van der Waals surface area contributed by atoms with Crippen LogP contribution in [-0.4, -0.2) is 43.0 Å². The van der Waals surface area contributed by atoms with Crippen molar-refractivity contribution in [2.75, 3.05) is 19.8 Å². The number of amides is 1. The predicted molar refractivity (Wildman–Crippen MR) is 132 cm³/mol. The first-order valence-corrected chi connectivity index (χ1v) is 10.8. The molecule has 178 valence electrons. The smallest absolute Gasteiger partial charge is 0.407 e. The van der Waals surface area contributed by atoms with Gasteiger partial charge in [-0.15, -0.1) is 12.4 Å². The van der Waals surface area contributed by atoms with E-state index in [2.05, 4.69) is 17.4 Å². The van der Waals surface area contributed by atoms with Gasteiger partial charge in [-0.3, -0.25) is 0 Å². The Morgan fingerprint density at radius 1 is 0.941 bits per heavy atom. The lowest BCUT2D eigenvalue weighted by molar-refractivity contribution is -0.139. The molecule has 7 nitrogen and oxygen atoms in total. The van der Waals surface area contributed by atoms with Gasteiger partial charge < -0.3 is 25.6 Å². The number of carbonyl (C=O) groups excluding carboxylic acids is 1. The topological polar surface area (TPSA) is 111 Å². The standard InChI is InChI=1S/C26H26N2O5.ClH/c27-13-14-32-18-11-9-17(10-12-18)15-24(25(29)30)28-26(31)33-16-23-21-7-3-1-5-19(21)20-6-2-4-8-22(20)23;/h1-12,23-24H,13-16,27H2,(H,28,31)(H,29,30);1H/t24-;/m0./s1. The van der Waals surface area contributed by atoms with Crippen molar-refractivity contribution in [3.05, 3.63) is 89.5 Å². The minimum absolute atomic E-state index is 0. The second-order valence-corrected chi connectivity index (χ2v) is 7.85. The van der Waals surface area contributed by atoms with Gasteiger partial charge in [0.05, 0.1) is 0 Å². The number of aliphatic carboxylic acids is 1. The maximum absolute atomic E-state index is 12.5. The van der Waals surface area contributed by atoms with Crippen LogP contribution in [0.4, 0.5) is 4.79 Å². The quantitative estimate of drug-likeness (QED) is 0.425. The third-order valence-electron chi connectivity index (χ3n) is 5.68. The summed E-state index contributed by atoms with van der Waals surface area (Å²) in [6, 6.07) is 22.0. The first-order chi connectivity index (χ1) is 16.1. The molecular formula is C26H27ClN2O5. The average Bonchev–Trinajstić information content (AvgIpc) is 3.15. The number of benzene rings is 3. The predicted octanol–water partition coefficient (Wildman–Crippen LogP) is 3.98. The van der Waals surface area contributed by atoms with Gasteiger partial charge in [0.25, 0.3) is 0 Å². The Kier molecular flexibility index (Phi) is 8.51. The normalized spacial score (nSPS) is 12.6. The SMILES string of the molecule is Cl.NCCOc1ccc(C[C@H](NC(=O)OCC2c3ccccc3-c3ccccc32)C(=O)O)cc1. The molecule has 4 N–H and O–H groups in total. The second-order valence-electron chi connectivity index (χ2n) is 7.85. The molecule has 0 saturated heterocycles. The number of ether oxygens (including phenoxy) is 2. The Bertz CT molecular complexity index is 1090. The van der Waals surface area contributed by atoms with E-state index in [-0.39, 0.29) is 31.4 Å². The van der Waals surface area contributed by atoms with Gasteiger partial charge in [-0.2, -0.15) is 0 Å². The van der Waals surface area contributed by atoms with Gasteiger partial charge in [0.15, 0.2) is 0 Å². The molecule has 3 aromatic rings. The number of carboxylic acid groups (broad SMARTS) is 1. The van der Waals surface area contributed by atoms with Crippen LogP contribution in [0.3, 0.4) is 0 Å². The van der Waals surface area contributed by atoms with Gasteiger partial charge in [-0.05, 0) is 39.9 Å². The van der Waals surface area contributed by atoms with Crippen LogP contribution in [0, 0.1) is 0 Å². The number of carboxylic acids is 1. The largest absolute Gasteiger partial charge is 0.492 e. The molecule has 4 rings (SSSR count). The maximum Gasteiger partial charge on any atom is 0.407 e. The Labute approximate surface area is 204 Å². The summed E-state index contributed by atoms with van der Waals surface area (Å²) in [4.78, 5) is 24.2. The van der Waals surface area contributed by atoms with Crippen molar-refractivity contribution < 1.29 is 24.2 Å². The number of fused-ring (bicyclic) bond motifs is 3. The van der Waals surface area contributed by atoms with Gasteiger partial charge in [-0.25, -0.2) is 9.59 Å². The molecule has 0 radical (unpaired) electrons. The van der Waals surface area contributed by atoms with Crippen LogP contribution in [0.15, 0.2) is 72.8 Å². The summed E-state index contributed by atoms with van der Waals surface area (Å²) in [5, 5.41) is 12.1. The molecular weight excluding hydrogens is 456 g/mol. The van der Waals surface area contributed by atoms with Crippen molar-refractivity contribution >= 4 is 24.5 Å². The zero-order valence-corrected chi connectivity index (χ0v) is 19.3. The third kappa shape index (κ3) is 5.68. The van der Waals surface area contributed by atoms with Gasteiger partial charge in [0.2, 0.25) is 0 Å². The minimum Gasteiger partial charge on any atom is -0.492 e. The van der Waals surface area contributed by atoms with Crippen molar-refractivity contribution in [2.45, 2.75) is 18.4 Å². The molecule has 0 aromatic heterocycles. The lowest BCUT2D eigenvalue weighted by atomic mass is 9.98. The van der Waals surface area contributed by atoms with E-state index in [4.69, 9.17) is 15.2 Å². The van der Waals surface area contributed by atoms with Crippen molar-refractivity contribution in [1.29, 1.82) is 0 Å². The third-order valence-corrected chi connectivity index (χ3v) is 5.68. The minimum atomic E-state index is -1.13. The highest BCUT2D eigenvalue weighted by molar-refractivity contribution is 5.85. The lowest BCUT2D eigenvalue weighted by Crippen LogP contribution is -2.42. The summed E-state index contributed by atoms with van der Waals surface area (Å²) in [7, 11) is 0. The summed E-state index contributed by atoms with van der Waals surface area (Å²) < 4.78 is 10.9.